The number of aliphatic hydroxyl groups is 3. The molecule has 0 aromatic heterocycles. The molecule has 0 bridgehead atoms. The third-order valence-electron chi connectivity index (χ3n) is 5.25. The Kier molecular flexibility index (Phi) is 3.33. The fourth-order valence-corrected chi connectivity index (χ4v) is 3.63. The Morgan fingerprint density at radius 3 is 2.33 bits per heavy atom. The number of aliphatic hydroxyl groups excluding tert-OH is 3. The van der Waals surface area contributed by atoms with E-state index in [0.717, 1.165) is 6.42 Å². The molecule has 3 fully saturated rings. The van der Waals surface area contributed by atoms with Crippen LogP contribution < -0.4 is 0 Å². The van der Waals surface area contributed by atoms with Crippen LogP contribution in [0.4, 0.5) is 0 Å². The minimum absolute atomic E-state index is 0.0371. The minimum atomic E-state index is -1.25. The number of Topliss-reactive ketones (excluding diaryl/α,β-unsaturated/α-hetero) is 2. The average Bonchev–Trinajstić information content (AvgIpc) is 3.27. The Bertz CT molecular complexity index is 526. The van der Waals surface area contributed by atoms with Crippen molar-refractivity contribution in [3.8, 4) is 0 Å². The Labute approximate surface area is 122 Å². The first-order valence-electron chi connectivity index (χ1n) is 7.20. The summed E-state index contributed by atoms with van der Waals surface area (Å²) in [5.74, 6) is 0.226. The number of allylic oxidation sites excluding steroid dienone is 1. The molecule has 0 aromatic rings. The Morgan fingerprint density at radius 1 is 1.29 bits per heavy atom. The summed E-state index contributed by atoms with van der Waals surface area (Å²) in [6.45, 7) is 2.51. The summed E-state index contributed by atoms with van der Waals surface area (Å²) in [5.41, 5.74) is -0.00507. The van der Waals surface area contributed by atoms with Gasteiger partial charge in [0.05, 0.1) is 6.61 Å². The second-order valence-corrected chi connectivity index (χ2v) is 6.37. The molecule has 1 saturated heterocycles. The van der Waals surface area contributed by atoms with Crippen LogP contribution in [0.3, 0.4) is 0 Å². The van der Waals surface area contributed by atoms with Crippen LogP contribution in [0.15, 0.2) is 11.6 Å². The molecule has 0 spiro atoms. The fourth-order valence-electron chi connectivity index (χ4n) is 3.63. The molecule has 3 aliphatic rings. The maximum Gasteiger partial charge on any atom is 0.158 e. The van der Waals surface area contributed by atoms with Crippen LogP contribution in [0.25, 0.3) is 0 Å². The summed E-state index contributed by atoms with van der Waals surface area (Å²) in [6.07, 6.45) is -1.73. The van der Waals surface area contributed by atoms with Crippen LogP contribution in [0.2, 0.25) is 0 Å². The van der Waals surface area contributed by atoms with Gasteiger partial charge in [0.2, 0.25) is 0 Å². The molecule has 21 heavy (non-hydrogen) atoms. The highest BCUT2D eigenvalue weighted by Gasteiger charge is 2.80. The number of ether oxygens (including phenoxy) is 1. The predicted molar refractivity (Wildman–Crippen MR) is 71.2 cm³/mol. The van der Waals surface area contributed by atoms with Gasteiger partial charge in [-0.2, -0.15) is 0 Å². The molecule has 0 radical (unpaired) electrons. The molecule has 7 atom stereocenters. The summed E-state index contributed by atoms with van der Waals surface area (Å²) in [5, 5.41) is 28.9. The molecule has 1 aliphatic heterocycles. The Balaban J connectivity index is 1.81. The van der Waals surface area contributed by atoms with Gasteiger partial charge in [0.25, 0.3) is 0 Å². The SMILES string of the molecule is CC(=O)/C(=C\C1C2CC12C(C)=O)[C@@H]1O[C@H](CO)C(O)C1O. The number of fused-ring (bicyclic) bond motifs is 1. The molecular weight excluding hydrogens is 276 g/mol. The quantitative estimate of drug-likeness (QED) is 0.574. The van der Waals surface area contributed by atoms with Crippen molar-refractivity contribution in [1.82, 2.24) is 0 Å². The van der Waals surface area contributed by atoms with Gasteiger partial charge in [0.15, 0.2) is 5.78 Å². The minimum Gasteiger partial charge on any atom is -0.394 e. The summed E-state index contributed by atoms with van der Waals surface area (Å²) < 4.78 is 5.41. The Hall–Kier alpha value is -1.08. The van der Waals surface area contributed by atoms with Crippen molar-refractivity contribution >= 4 is 11.6 Å². The van der Waals surface area contributed by atoms with Crippen molar-refractivity contribution in [1.29, 1.82) is 0 Å². The average molecular weight is 296 g/mol. The van der Waals surface area contributed by atoms with Crippen molar-refractivity contribution in [2.24, 2.45) is 17.3 Å². The van der Waals surface area contributed by atoms with E-state index in [4.69, 9.17) is 9.84 Å². The molecule has 3 rings (SSSR count). The highest BCUT2D eigenvalue weighted by atomic mass is 16.6. The van der Waals surface area contributed by atoms with E-state index in [1.165, 1.54) is 6.92 Å². The van der Waals surface area contributed by atoms with E-state index in [0.29, 0.717) is 5.92 Å². The molecule has 0 aromatic carbocycles. The molecule has 6 nitrogen and oxygen atoms in total. The van der Waals surface area contributed by atoms with E-state index in [1.54, 1.807) is 13.0 Å². The number of carbonyl (C=O) groups is 2. The zero-order valence-electron chi connectivity index (χ0n) is 12.0. The second-order valence-electron chi connectivity index (χ2n) is 6.37. The molecule has 6 heteroatoms. The third-order valence-corrected chi connectivity index (χ3v) is 5.25. The van der Waals surface area contributed by atoms with E-state index >= 15 is 0 Å². The smallest absolute Gasteiger partial charge is 0.158 e. The number of rotatable bonds is 5. The first kappa shape index (κ1) is 14.8. The van der Waals surface area contributed by atoms with Gasteiger partial charge in [0, 0.05) is 11.0 Å². The summed E-state index contributed by atoms with van der Waals surface area (Å²) in [4.78, 5) is 23.4. The topological polar surface area (TPSA) is 104 Å². The number of hydrogen-bond donors (Lipinski definition) is 3. The third kappa shape index (κ3) is 2.01. The van der Waals surface area contributed by atoms with Gasteiger partial charge >= 0.3 is 0 Å². The van der Waals surface area contributed by atoms with Gasteiger partial charge in [0.1, 0.15) is 30.2 Å². The molecule has 0 amide bonds. The van der Waals surface area contributed by atoms with E-state index < -0.39 is 31.0 Å². The molecule has 2 aliphatic carbocycles. The number of hydrogen-bond acceptors (Lipinski definition) is 6. The van der Waals surface area contributed by atoms with Crippen molar-refractivity contribution in [2.45, 2.75) is 44.7 Å². The molecule has 3 N–H and O–H groups in total. The zero-order chi connectivity index (χ0) is 15.5. The van der Waals surface area contributed by atoms with Gasteiger partial charge in [-0.15, -0.1) is 0 Å². The van der Waals surface area contributed by atoms with E-state index in [2.05, 4.69) is 0 Å². The Morgan fingerprint density at radius 2 is 1.95 bits per heavy atom. The highest BCUT2D eigenvalue weighted by molar-refractivity contribution is 5.96. The van der Waals surface area contributed by atoms with Gasteiger partial charge < -0.3 is 20.1 Å². The summed E-state index contributed by atoms with van der Waals surface area (Å²) in [7, 11) is 0. The largest absolute Gasteiger partial charge is 0.394 e. The van der Waals surface area contributed by atoms with E-state index in [-0.39, 0.29) is 28.5 Å². The van der Waals surface area contributed by atoms with Gasteiger partial charge in [-0.3, -0.25) is 9.59 Å². The van der Waals surface area contributed by atoms with Crippen LogP contribution in [0.1, 0.15) is 20.3 Å². The normalized spacial score (nSPS) is 48.0. The van der Waals surface area contributed by atoms with Crippen LogP contribution in [-0.2, 0) is 14.3 Å². The molecule has 2 saturated carbocycles. The standard InChI is InChI=1S/C15H20O6/c1-6(17)8(3-9-10-4-15(9,10)7(2)18)14-13(20)12(19)11(5-16)21-14/h3,9-14,16,19-20H,4-5H2,1-2H3/b8-3+/t9?,10?,11-,12?,13?,14+,15?/m1/s1. The molecule has 5 unspecified atom stereocenters. The first-order chi connectivity index (χ1) is 9.84. The van der Waals surface area contributed by atoms with Gasteiger partial charge in [-0.05, 0) is 32.1 Å². The van der Waals surface area contributed by atoms with Crippen molar-refractivity contribution in [3.63, 3.8) is 0 Å². The van der Waals surface area contributed by atoms with Crippen LogP contribution in [-0.4, -0.2) is 57.9 Å². The summed E-state index contributed by atoms with van der Waals surface area (Å²) >= 11 is 0. The first-order valence-corrected chi connectivity index (χ1v) is 7.20. The number of ketones is 2. The molecule has 1 heterocycles. The predicted octanol–water partition coefficient (Wildman–Crippen LogP) is -0.792. The number of carbonyl (C=O) groups excluding carboxylic acids is 2. The monoisotopic (exact) mass is 296 g/mol. The van der Waals surface area contributed by atoms with E-state index in [1.807, 2.05) is 0 Å². The van der Waals surface area contributed by atoms with Crippen LogP contribution in [0, 0.1) is 17.3 Å². The van der Waals surface area contributed by atoms with Gasteiger partial charge in [-0.25, -0.2) is 0 Å². The highest BCUT2D eigenvalue weighted by Crippen LogP contribution is 2.80. The maximum atomic E-state index is 11.8. The van der Waals surface area contributed by atoms with Crippen LogP contribution in [0.5, 0.6) is 0 Å². The lowest BCUT2D eigenvalue weighted by molar-refractivity contribution is -0.120. The maximum absolute atomic E-state index is 11.8. The van der Waals surface area contributed by atoms with Crippen LogP contribution >= 0.6 is 0 Å². The molecule has 116 valence electrons. The van der Waals surface area contributed by atoms with E-state index in [9.17, 15) is 19.8 Å². The van der Waals surface area contributed by atoms with Crippen molar-refractivity contribution in [3.05, 3.63) is 11.6 Å². The van der Waals surface area contributed by atoms with Gasteiger partial charge in [-0.1, -0.05) is 6.08 Å². The lowest BCUT2D eigenvalue weighted by atomic mass is 9.93. The second kappa shape index (κ2) is 4.71. The summed E-state index contributed by atoms with van der Waals surface area (Å²) in [6, 6.07) is 0. The van der Waals surface area contributed by atoms with Crippen molar-refractivity contribution in [2.75, 3.05) is 6.61 Å². The molecular formula is C15H20O6. The zero-order valence-corrected chi connectivity index (χ0v) is 12.0. The lowest BCUT2D eigenvalue weighted by Gasteiger charge is -2.18. The van der Waals surface area contributed by atoms with Crippen molar-refractivity contribution < 1.29 is 29.6 Å². The fraction of sp³-hybridized carbons (Fsp3) is 0.733. The lowest BCUT2D eigenvalue weighted by Crippen LogP contribution is -2.35.